The maximum Gasteiger partial charge on any atom is 0.261 e. The SMILES string of the molecule is Cc1cccc(CN(C(=O)COc2cccc(Cl)c2)[C@H](Cc2ccccc2)C(=O)NCC(C)C)c1. The molecule has 3 aromatic carbocycles. The van der Waals surface area contributed by atoms with Crippen LogP contribution in [0.25, 0.3) is 0 Å². The van der Waals surface area contributed by atoms with Crippen molar-refractivity contribution in [1.82, 2.24) is 10.2 Å². The highest BCUT2D eigenvalue weighted by atomic mass is 35.5. The molecule has 6 heteroatoms. The van der Waals surface area contributed by atoms with Crippen LogP contribution in [0.2, 0.25) is 5.02 Å². The van der Waals surface area contributed by atoms with Crippen molar-refractivity contribution in [2.75, 3.05) is 13.2 Å². The van der Waals surface area contributed by atoms with E-state index in [-0.39, 0.29) is 18.4 Å². The summed E-state index contributed by atoms with van der Waals surface area (Å²) in [5, 5.41) is 3.55. The first kappa shape index (κ1) is 26.3. The average molecular weight is 493 g/mol. The summed E-state index contributed by atoms with van der Waals surface area (Å²) in [5.41, 5.74) is 3.03. The van der Waals surface area contributed by atoms with Gasteiger partial charge in [0.25, 0.3) is 5.91 Å². The second kappa shape index (κ2) is 13.0. The molecule has 35 heavy (non-hydrogen) atoms. The molecule has 2 amide bonds. The smallest absolute Gasteiger partial charge is 0.261 e. The number of carbonyl (C=O) groups is 2. The largest absolute Gasteiger partial charge is 0.484 e. The molecule has 3 rings (SSSR count). The van der Waals surface area contributed by atoms with Crippen molar-refractivity contribution in [3.8, 4) is 5.75 Å². The molecule has 0 fully saturated rings. The number of hydrogen-bond acceptors (Lipinski definition) is 3. The summed E-state index contributed by atoms with van der Waals surface area (Å²) in [5.74, 6) is 0.354. The van der Waals surface area contributed by atoms with E-state index >= 15 is 0 Å². The van der Waals surface area contributed by atoms with Crippen molar-refractivity contribution in [1.29, 1.82) is 0 Å². The summed E-state index contributed by atoms with van der Waals surface area (Å²) >= 11 is 6.06. The maximum atomic E-state index is 13.6. The number of amides is 2. The Kier molecular flexibility index (Phi) is 9.74. The molecule has 0 radical (unpaired) electrons. The van der Waals surface area contributed by atoms with Gasteiger partial charge in [-0.15, -0.1) is 0 Å². The molecule has 0 aliphatic heterocycles. The summed E-state index contributed by atoms with van der Waals surface area (Å²) in [6.07, 6.45) is 0.402. The van der Waals surface area contributed by atoms with Crippen molar-refractivity contribution in [2.24, 2.45) is 5.92 Å². The molecule has 0 bridgehead atoms. The van der Waals surface area contributed by atoms with Gasteiger partial charge >= 0.3 is 0 Å². The van der Waals surface area contributed by atoms with Gasteiger partial charge in [-0.05, 0) is 42.2 Å². The third-order valence-electron chi connectivity index (χ3n) is 5.55. The van der Waals surface area contributed by atoms with Crippen LogP contribution in [0.3, 0.4) is 0 Å². The van der Waals surface area contributed by atoms with Crippen LogP contribution < -0.4 is 10.1 Å². The molecule has 0 aliphatic rings. The van der Waals surface area contributed by atoms with Crippen molar-refractivity contribution in [2.45, 2.75) is 39.8 Å². The minimum absolute atomic E-state index is 0.175. The molecular weight excluding hydrogens is 460 g/mol. The van der Waals surface area contributed by atoms with E-state index in [4.69, 9.17) is 16.3 Å². The normalized spacial score (nSPS) is 11.7. The Balaban J connectivity index is 1.90. The molecule has 0 heterocycles. The van der Waals surface area contributed by atoms with Gasteiger partial charge in [0.1, 0.15) is 11.8 Å². The standard InChI is InChI=1S/C29H33ClN2O3/c1-21(2)18-31-29(34)27(16-23-10-5-4-6-11-23)32(19-24-12-7-9-22(3)15-24)28(33)20-35-26-14-8-13-25(30)17-26/h4-15,17,21,27H,16,18-20H2,1-3H3,(H,31,34)/t27-/m1/s1. The zero-order valence-corrected chi connectivity index (χ0v) is 21.3. The van der Waals surface area contributed by atoms with Crippen LogP contribution in [0.1, 0.15) is 30.5 Å². The summed E-state index contributed by atoms with van der Waals surface area (Å²) in [6, 6.07) is 24.0. The number of carbonyl (C=O) groups excluding carboxylic acids is 2. The maximum absolute atomic E-state index is 13.6. The predicted octanol–water partition coefficient (Wildman–Crippen LogP) is 5.44. The fraction of sp³-hybridized carbons (Fsp3) is 0.310. The van der Waals surface area contributed by atoms with Gasteiger partial charge in [-0.3, -0.25) is 9.59 Å². The summed E-state index contributed by atoms with van der Waals surface area (Å²) in [6.45, 7) is 6.73. The van der Waals surface area contributed by atoms with Crippen LogP contribution in [-0.4, -0.2) is 35.9 Å². The molecule has 5 nitrogen and oxygen atoms in total. The lowest BCUT2D eigenvalue weighted by molar-refractivity contribution is -0.142. The number of aryl methyl sites for hydroxylation is 1. The van der Waals surface area contributed by atoms with Crippen molar-refractivity contribution >= 4 is 23.4 Å². The fourth-order valence-corrected chi connectivity index (χ4v) is 3.95. The van der Waals surface area contributed by atoms with Gasteiger partial charge in [0.05, 0.1) is 0 Å². The van der Waals surface area contributed by atoms with Gasteiger partial charge in [0.15, 0.2) is 6.61 Å². The number of hydrogen-bond donors (Lipinski definition) is 1. The number of nitrogens with one attached hydrogen (secondary N) is 1. The molecule has 0 aromatic heterocycles. The molecule has 0 aliphatic carbocycles. The van der Waals surface area contributed by atoms with Crippen LogP contribution >= 0.6 is 11.6 Å². The second-order valence-corrected chi connectivity index (χ2v) is 9.54. The highest BCUT2D eigenvalue weighted by Gasteiger charge is 2.30. The Labute approximate surface area is 213 Å². The van der Waals surface area contributed by atoms with Crippen LogP contribution in [0.4, 0.5) is 0 Å². The number of halogens is 1. The number of rotatable bonds is 11. The number of ether oxygens (including phenoxy) is 1. The van der Waals surface area contributed by atoms with E-state index in [1.165, 1.54) is 0 Å². The van der Waals surface area contributed by atoms with Gasteiger partial charge in [-0.25, -0.2) is 0 Å². The molecule has 1 atom stereocenters. The van der Waals surface area contributed by atoms with Gasteiger partial charge in [-0.1, -0.05) is 91.7 Å². The van der Waals surface area contributed by atoms with Gasteiger partial charge < -0.3 is 15.0 Å². The minimum atomic E-state index is -0.688. The third-order valence-corrected chi connectivity index (χ3v) is 5.78. The predicted molar refractivity (Wildman–Crippen MR) is 140 cm³/mol. The topological polar surface area (TPSA) is 58.6 Å². The lowest BCUT2D eigenvalue weighted by Crippen LogP contribution is -2.52. The highest BCUT2D eigenvalue weighted by molar-refractivity contribution is 6.30. The Morgan fingerprint density at radius 1 is 0.943 bits per heavy atom. The highest BCUT2D eigenvalue weighted by Crippen LogP contribution is 2.19. The van der Waals surface area contributed by atoms with Crippen molar-refractivity contribution < 1.29 is 14.3 Å². The van der Waals surface area contributed by atoms with Gasteiger partial charge in [0, 0.05) is 24.5 Å². The quantitative estimate of drug-likeness (QED) is 0.387. The van der Waals surface area contributed by atoms with Crippen molar-refractivity contribution in [3.05, 3.63) is 101 Å². The Bertz CT molecular complexity index is 1120. The Morgan fingerprint density at radius 2 is 1.66 bits per heavy atom. The molecular formula is C29H33ClN2O3. The van der Waals surface area contributed by atoms with E-state index in [1.54, 1.807) is 29.2 Å². The Hall–Kier alpha value is -3.31. The fourth-order valence-electron chi connectivity index (χ4n) is 3.77. The van der Waals surface area contributed by atoms with Gasteiger partial charge in [-0.2, -0.15) is 0 Å². The first-order chi connectivity index (χ1) is 16.8. The van der Waals surface area contributed by atoms with E-state index in [1.807, 2.05) is 75.4 Å². The van der Waals surface area contributed by atoms with E-state index in [0.717, 1.165) is 16.7 Å². The minimum Gasteiger partial charge on any atom is -0.484 e. The van der Waals surface area contributed by atoms with Crippen LogP contribution in [-0.2, 0) is 22.6 Å². The first-order valence-corrected chi connectivity index (χ1v) is 12.2. The molecule has 3 aromatic rings. The van der Waals surface area contributed by atoms with Gasteiger partial charge in [0.2, 0.25) is 5.91 Å². The average Bonchev–Trinajstić information content (AvgIpc) is 2.84. The molecule has 0 saturated heterocycles. The summed E-state index contributed by atoms with van der Waals surface area (Å²) < 4.78 is 5.76. The van der Waals surface area contributed by atoms with Crippen molar-refractivity contribution in [3.63, 3.8) is 0 Å². The molecule has 0 unspecified atom stereocenters. The molecule has 1 N–H and O–H groups in total. The van der Waals surface area contributed by atoms with Crippen LogP contribution in [0.5, 0.6) is 5.75 Å². The second-order valence-electron chi connectivity index (χ2n) is 9.10. The lowest BCUT2D eigenvalue weighted by atomic mass is 10.0. The third kappa shape index (κ3) is 8.45. The zero-order chi connectivity index (χ0) is 25.2. The van der Waals surface area contributed by atoms with E-state index in [0.29, 0.717) is 36.2 Å². The lowest BCUT2D eigenvalue weighted by Gasteiger charge is -2.31. The van der Waals surface area contributed by atoms with E-state index in [9.17, 15) is 9.59 Å². The molecule has 0 spiro atoms. The molecule has 0 saturated carbocycles. The zero-order valence-electron chi connectivity index (χ0n) is 20.5. The first-order valence-electron chi connectivity index (χ1n) is 11.9. The van der Waals surface area contributed by atoms with E-state index in [2.05, 4.69) is 5.32 Å². The van der Waals surface area contributed by atoms with Crippen LogP contribution in [0.15, 0.2) is 78.9 Å². The number of nitrogens with zero attached hydrogens (tertiary/aromatic N) is 1. The summed E-state index contributed by atoms with van der Waals surface area (Å²) in [4.78, 5) is 28.6. The monoisotopic (exact) mass is 492 g/mol. The van der Waals surface area contributed by atoms with E-state index < -0.39 is 6.04 Å². The molecule has 184 valence electrons. The van der Waals surface area contributed by atoms with Crippen LogP contribution in [0, 0.1) is 12.8 Å². The summed E-state index contributed by atoms with van der Waals surface area (Å²) in [7, 11) is 0. The number of benzene rings is 3. The Morgan fingerprint density at radius 3 is 2.34 bits per heavy atom.